The molecule has 0 aromatic heterocycles. The summed E-state index contributed by atoms with van der Waals surface area (Å²) in [6.45, 7) is 0.294. The number of halogens is 7. The van der Waals surface area contributed by atoms with E-state index in [1.54, 1.807) is 12.1 Å². The molecule has 1 atom stereocenters. The Kier molecular flexibility index (Phi) is 7.28. The Hall–Kier alpha value is -3.46. The Labute approximate surface area is 249 Å². The van der Waals surface area contributed by atoms with Crippen molar-refractivity contribution in [1.82, 2.24) is 4.90 Å². The van der Waals surface area contributed by atoms with Gasteiger partial charge in [-0.25, -0.2) is 8.78 Å². The fourth-order valence-electron chi connectivity index (χ4n) is 5.66. The monoisotopic (exact) mass is 616 g/mol. The lowest BCUT2D eigenvalue weighted by atomic mass is 9.83. The van der Waals surface area contributed by atoms with Gasteiger partial charge >= 0.3 is 6.18 Å². The molecular formula is C32H23Cl2F5N2O. The van der Waals surface area contributed by atoms with E-state index in [2.05, 4.69) is 10.1 Å². The lowest BCUT2D eigenvalue weighted by Gasteiger charge is -2.49. The molecule has 10 heteroatoms. The highest BCUT2D eigenvalue weighted by atomic mass is 35.5. The van der Waals surface area contributed by atoms with Gasteiger partial charge in [-0.15, -0.1) is 0 Å². The molecule has 216 valence electrons. The summed E-state index contributed by atoms with van der Waals surface area (Å²) in [6, 6.07) is 27.5. The van der Waals surface area contributed by atoms with Gasteiger partial charge in [0.15, 0.2) is 11.5 Å². The SMILES string of the molecule is Fc1c(Cl)cc([C@@]2(C(F)(F)F)CC(c3ccc(C4(F)CN(C(c5ccccc5)c5ccccc5)C4)cc3)=NO2)cc1Cl. The first kappa shape index (κ1) is 28.6. The molecule has 2 heterocycles. The first-order valence-electron chi connectivity index (χ1n) is 13.1. The number of likely N-dealkylation sites (tertiary alicyclic amines) is 1. The van der Waals surface area contributed by atoms with Gasteiger partial charge in [0, 0.05) is 25.1 Å². The average molecular weight is 617 g/mol. The zero-order chi connectivity index (χ0) is 29.7. The van der Waals surface area contributed by atoms with Crippen molar-refractivity contribution in [1.29, 1.82) is 0 Å². The van der Waals surface area contributed by atoms with Gasteiger partial charge in [-0.3, -0.25) is 4.90 Å². The quantitative estimate of drug-likeness (QED) is 0.159. The minimum absolute atomic E-state index is 0.00630. The second-order valence-electron chi connectivity index (χ2n) is 10.6. The van der Waals surface area contributed by atoms with Gasteiger partial charge in [0.05, 0.1) is 21.8 Å². The summed E-state index contributed by atoms with van der Waals surface area (Å²) < 4.78 is 73.0. The number of alkyl halides is 4. The molecule has 2 aliphatic rings. The van der Waals surface area contributed by atoms with Gasteiger partial charge in [-0.05, 0) is 34.4 Å². The molecule has 0 unspecified atom stereocenters. The lowest BCUT2D eigenvalue weighted by molar-refractivity contribution is -0.275. The van der Waals surface area contributed by atoms with Crippen molar-refractivity contribution in [2.24, 2.45) is 5.16 Å². The molecule has 0 amide bonds. The maximum atomic E-state index is 16.1. The van der Waals surface area contributed by atoms with E-state index in [9.17, 15) is 17.6 Å². The van der Waals surface area contributed by atoms with E-state index in [4.69, 9.17) is 28.0 Å². The van der Waals surface area contributed by atoms with Crippen molar-refractivity contribution >= 4 is 28.9 Å². The molecule has 6 rings (SSSR count). The van der Waals surface area contributed by atoms with Gasteiger partial charge in [-0.2, -0.15) is 13.2 Å². The molecule has 1 fully saturated rings. The van der Waals surface area contributed by atoms with E-state index in [1.165, 1.54) is 12.1 Å². The van der Waals surface area contributed by atoms with Crippen molar-refractivity contribution in [2.45, 2.75) is 29.9 Å². The summed E-state index contributed by atoms with van der Waals surface area (Å²) in [4.78, 5) is 7.06. The summed E-state index contributed by atoms with van der Waals surface area (Å²) in [5.41, 5.74) is -2.13. The van der Waals surface area contributed by atoms with Crippen molar-refractivity contribution in [2.75, 3.05) is 13.1 Å². The number of oxime groups is 1. The Balaban J connectivity index is 1.21. The van der Waals surface area contributed by atoms with Gasteiger partial charge in [0.2, 0.25) is 0 Å². The Bertz CT molecular complexity index is 1560. The molecule has 3 nitrogen and oxygen atoms in total. The minimum Gasteiger partial charge on any atom is -0.374 e. The van der Waals surface area contributed by atoms with Crippen molar-refractivity contribution in [3.8, 4) is 0 Å². The number of rotatable bonds is 6. The third-order valence-corrected chi connectivity index (χ3v) is 8.42. The highest BCUT2D eigenvalue weighted by Gasteiger charge is 2.62. The van der Waals surface area contributed by atoms with Crippen molar-refractivity contribution in [3.05, 3.63) is 141 Å². The van der Waals surface area contributed by atoms with Gasteiger partial charge in [0.1, 0.15) is 0 Å². The van der Waals surface area contributed by atoms with Gasteiger partial charge < -0.3 is 4.84 Å². The van der Waals surface area contributed by atoms with Crippen LogP contribution in [0.3, 0.4) is 0 Å². The second kappa shape index (κ2) is 10.7. The fraction of sp³-hybridized carbons (Fsp3) is 0.219. The molecule has 0 aliphatic carbocycles. The Morgan fingerprint density at radius 2 is 1.31 bits per heavy atom. The molecule has 4 aromatic rings. The highest BCUT2D eigenvalue weighted by Crippen LogP contribution is 2.50. The van der Waals surface area contributed by atoms with Crippen molar-refractivity contribution in [3.63, 3.8) is 0 Å². The first-order chi connectivity index (χ1) is 20.0. The lowest BCUT2D eigenvalue weighted by Crippen LogP contribution is -2.57. The molecule has 0 spiro atoms. The standard InChI is InChI=1S/C32H23Cl2F5N2O/c33-25-15-24(16-26(34)28(25)35)31(32(37,38)39)17-27(40-42-31)20-11-13-23(14-12-20)30(36)18-41(19-30)29(21-7-3-1-4-8-21)22-9-5-2-6-10-22/h1-16,29H,17-19H2/t31-/m1/s1. The summed E-state index contributed by atoms with van der Waals surface area (Å²) in [6.07, 6.45) is -5.62. The van der Waals surface area contributed by atoms with E-state index in [-0.39, 0.29) is 24.8 Å². The number of nitrogens with zero attached hydrogens (tertiary/aromatic N) is 2. The van der Waals surface area contributed by atoms with E-state index >= 15 is 4.39 Å². The summed E-state index contributed by atoms with van der Waals surface area (Å²) in [7, 11) is 0. The molecule has 4 aromatic carbocycles. The summed E-state index contributed by atoms with van der Waals surface area (Å²) in [5.74, 6) is -1.03. The van der Waals surface area contributed by atoms with E-state index < -0.39 is 45.3 Å². The summed E-state index contributed by atoms with van der Waals surface area (Å²) >= 11 is 11.6. The predicted octanol–water partition coefficient (Wildman–Crippen LogP) is 8.98. The van der Waals surface area contributed by atoms with Crippen LogP contribution >= 0.6 is 23.2 Å². The number of hydrogen-bond acceptors (Lipinski definition) is 3. The summed E-state index contributed by atoms with van der Waals surface area (Å²) in [5, 5.41) is 2.60. The molecule has 2 aliphatic heterocycles. The zero-order valence-corrected chi connectivity index (χ0v) is 23.4. The van der Waals surface area contributed by atoms with E-state index in [1.807, 2.05) is 60.7 Å². The van der Waals surface area contributed by atoms with Crippen LogP contribution < -0.4 is 0 Å². The zero-order valence-electron chi connectivity index (χ0n) is 21.9. The van der Waals surface area contributed by atoms with Crippen LogP contribution in [0.15, 0.2) is 102 Å². The maximum Gasteiger partial charge on any atom is 0.435 e. The fourth-order valence-corrected chi connectivity index (χ4v) is 6.14. The van der Waals surface area contributed by atoms with E-state index in [0.29, 0.717) is 11.1 Å². The van der Waals surface area contributed by atoms with Crippen LogP contribution in [0.25, 0.3) is 0 Å². The molecule has 42 heavy (non-hydrogen) atoms. The van der Waals surface area contributed by atoms with Crippen LogP contribution in [0.4, 0.5) is 22.0 Å². The van der Waals surface area contributed by atoms with Gasteiger partial charge in [-0.1, -0.05) is 113 Å². The third-order valence-electron chi connectivity index (χ3n) is 7.87. The second-order valence-corrected chi connectivity index (χ2v) is 11.4. The van der Waals surface area contributed by atoms with Crippen LogP contribution in [-0.4, -0.2) is 29.9 Å². The molecule has 0 saturated carbocycles. The Morgan fingerprint density at radius 1 is 0.786 bits per heavy atom. The van der Waals surface area contributed by atoms with Crippen LogP contribution in [0.2, 0.25) is 10.0 Å². The van der Waals surface area contributed by atoms with Crippen LogP contribution in [0, 0.1) is 5.82 Å². The average Bonchev–Trinajstić information content (AvgIpc) is 3.43. The van der Waals surface area contributed by atoms with Crippen LogP contribution in [-0.2, 0) is 16.1 Å². The molecule has 0 N–H and O–H groups in total. The normalized spacial score (nSPS) is 20.2. The molecule has 0 bridgehead atoms. The molecule has 1 saturated heterocycles. The molecular weight excluding hydrogens is 594 g/mol. The minimum atomic E-state index is -4.92. The third kappa shape index (κ3) is 4.95. The van der Waals surface area contributed by atoms with E-state index in [0.717, 1.165) is 23.3 Å². The smallest absolute Gasteiger partial charge is 0.374 e. The van der Waals surface area contributed by atoms with Crippen LogP contribution in [0.1, 0.15) is 40.3 Å². The van der Waals surface area contributed by atoms with Gasteiger partial charge in [0.25, 0.3) is 5.60 Å². The number of hydrogen-bond donors (Lipinski definition) is 0. The Morgan fingerprint density at radius 3 is 1.81 bits per heavy atom. The largest absolute Gasteiger partial charge is 0.435 e. The highest BCUT2D eigenvalue weighted by molar-refractivity contribution is 6.35. The maximum absolute atomic E-state index is 16.1. The number of benzene rings is 4. The predicted molar refractivity (Wildman–Crippen MR) is 152 cm³/mol. The first-order valence-corrected chi connectivity index (χ1v) is 13.9. The topological polar surface area (TPSA) is 24.8 Å². The van der Waals surface area contributed by atoms with Crippen LogP contribution in [0.5, 0.6) is 0 Å². The van der Waals surface area contributed by atoms with Crippen molar-refractivity contribution < 1.29 is 26.8 Å². The molecule has 0 radical (unpaired) electrons.